The van der Waals surface area contributed by atoms with E-state index in [1.54, 1.807) is 11.3 Å². The lowest BCUT2D eigenvalue weighted by Crippen LogP contribution is -2.51. The molecule has 0 aliphatic carbocycles. The van der Waals surface area contributed by atoms with Gasteiger partial charge in [0.25, 0.3) is 0 Å². The number of amides is 1. The van der Waals surface area contributed by atoms with Gasteiger partial charge < -0.3 is 10.2 Å². The van der Waals surface area contributed by atoms with Gasteiger partial charge in [-0.05, 0) is 22.9 Å². The standard InChI is InChI=1S/C19H23N3OS/c1-14(2)17(19(23)21-13-15-7-4-3-5-8-15)22-11-10-20-18(22)16-9-6-12-24-16/h3-9,12,14,17H,10-11,13H2,1-2H3,(H,21,23). The molecule has 0 radical (unpaired) electrons. The van der Waals surface area contributed by atoms with Crippen LogP contribution in [-0.4, -0.2) is 35.8 Å². The maximum absolute atomic E-state index is 12.9. The van der Waals surface area contributed by atoms with E-state index < -0.39 is 0 Å². The Morgan fingerprint density at radius 2 is 2.04 bits per heavy atom. The monoisotopic (exact) mass is 341 g/mol. The third kappa shape index (κ3) is 3.67. The summed E-state index contributed by atoms with van der Waals surface area (Å²) in [6, 6.07) is 13.9. The van der Waals surface area contributed by atoms with Crippen LogP contribution in [0.2, 0.25) is 0 Å². The quantitative estimate of drug-likeness (QED) is 0.877. The molecule has 0 saturated heterocycles. The normalized spacial score (nSPS) is 15.5. The second-order valence-electron chi connectivity index (χ2n) is 6.27. The molecule has 1 aliphatic heterocycles. The highest BCUT2D eigenvalue weighted by Gasteiger charge is 2.33. The molecular weight excluding hydrogens is 318 g/mol. The summed E-state index contributed by atoms with van der Waals surface area (Å²) in [5, 5.41) is 5.14. The number of nitrogens with zero attached hydrogens (tertiary/aromatic N) is 2. The van der Waals surface area contributed by atoms with Crippen molar-refractivity contribution in [1.29, 1.82) is 0 Å². The van der Waals surface area contributed by atoms with Crippen LogP contribution in [0.5, 0.6) is 0 Å². The van der Waals surface area contributed by atoms with Crippen molar-refractivity contribution in [3.8, 4) is 0 Å². The van der Waals surface area contributed by atoms with E-state index in [0.717, 1.165) is 29.4 Å². The predicted molar refractivity (Wildman–Crippen MR) is 99.3 cm³/mol. The number of rotatable bonds is 6. The molecule has 4 nitrogen and oxygen atoms in total. The average molecular weight is 341 g/mol. The number of thiophene rings is 1. The van der Waals surface area contributed by atoms with Crippen molar-refractivity contribution >= 4 is 23.1 Å². The number of hydrogen-bond acceptors (Lipinski definition) is 4. The summed E-state index contributed by atoms with van der Waals surface area (Å²) >= 11 is 1.67. The first-order chi connectivity index (χ1) is 11.7. The Hall–Kier alpha value is -2.14. The Balaban J connectivity index is 1.72. The van der Waals surface area contributed by atoms with Crippen molar-refractivity contribution in [2.75, 3.05) is 13.1 Å². The Labute approximate surface area is 147 Å². The lowest BCUT2D eigenvalue weighted by atomic mass is 10.0. The van der Waals surface area contributed by atoms with Gasteiger partial charge in [-0.15, -0.1) is 11.3 Å². The first-order valence-electron chi connectivity index (χ1n) is 8.33. The van der Waals surface area contributed by atoms with Crippen LogP contribution in [0.25, 0.3) is 0 Å². The van der Waals surface area contributed by atoms with Crippen LogP contribution >= 0.6 is 11.3 Å². The fraction of sp³-hybridized carbons (Fsp3) is 0.368. The van der Waals surface area contributed by atoms with Gasteiger partial charge in [0.2, 0.25) is 5.91 Å². The number of benzene rings is 1. The van der Waals surface area contributed by atoms with E-state index >= 15 is 0 Å². The number of carbonyl (C=O) groups excluding carboxylic acids is 1. The largest absolute Gasteiger partial charge is 0.350 e. The van der Waals surface area contributed by atoms with Gasteiger partial charge in [-0.25, -0.2) is 0 Å². The third-order valence-electron chi connectivity index (χ3n) is 4.16. The number of amidine groups is 1. The molecule has 1 aromatic heterocycles. The van der Waals surface area contributed by atoms with E-state index in [4.69, 9.17) is 0 Å². The molecule has 5 heteroatoms. The van der Waals surface area contributed by atoms with Crippen LogP contribution < -0.4 is 5.32 Å². The molecule has 1 N–H and O–H groups in total. The lowest BCUT2D eigenvalue weighted by Gasteiger charge is -2.32. The summed E-state index contributed by atoms with van der Waals surface area (Å²) in [6.07, 6.45) is 0. The molecule has 3 rings (SSSR count). The van der Waals surface area contributed by atoms with Gasteiger partial charge in [0.15, 0.2) is 0 Å². The number of hydrogen-bond donors (Lipinski definition) is 1. The summed E-state index contributed by atoms with van der Waals surface area (Å²) in [7, 11) is 0. The summed E-state index contributed by atoms with van der Waals surface area (Å²) in [5.41, 5.74) is 1.11. The topological polar surface area (TPSA) is 44.7 Å². The fourth-order valence-electron chi connectivity index (χ4n) is 3.05. The zero-order valence-electron chi connectivity index (χ0n) is 14.1. The van der Waals surface area contributed by atoms with E-state index in [9.17, 15) is 4.79 Å². The molecule has 2 aromatic rings. The molecule has 1 amide bonds. The smallest absolute Gasteiger partial charge is 0.243 e. The second-order valence-corrected chi connectivity index (χ2v) is 7.22. The number of aliphatic imine (C=N–C) groups is 1. The maximum atomic E-state index is 12.9. The van der Waals surface area contributed by atoms with E-state index in [2.05, 4.69) is 35.1 Å². The van der Waals surface area contributed by atoms with E-state index in [-0.39, 0.29) is 17.9 Å². The average Bonchev–Trinajstić information content (AvgIpc) is 3.25. The minimum atomic E-state index is -0.197. The molecular formula is C19H23N3OS. The summed E-state index contributed by atoms with van der Waals surface area (Å²) in [6.45, 7) is 6.30. The van der Waals surface area contributed by atoms with Crippen molar-refractivity contribution in [1.82, 2.24) is 10.2 Å². The van der Waals surface area contributed by atoms with Gasteiger partial charge in [0, 0.05) is 13.1 Å². The highest BCUT2D eigenvalue weighted by atomic mass is 32.1. The summed E-state index contributed by atoms with van der Waals surface area (Å²) in [5.74, 6) is 1.24. The highest BCUT2D eigenvalue weighted by molar-refractivity contribution is 7.12. The zero-order chi connectivity index (χ0) is 16.9. The summed E-state index contributed by atoms with van der Waals surface area (Å²) < 4.78 is 0. The molecule has 1 aromatic carbocycles. The van der Waals surface area contributed by atoms with Gasteiger partial charge in [-0.2, -0.15) is 0 Å². The predicted octanol–water partition coefficient (Wildman–Crippen LogP) is 3.15. The van der Waals surface area contributed by atoms with Crippen LogP contribution in [0.4, 0.5) is 0 Å². The van der Waals surface area contributed by atoms with Crippen molar-refractivity contribution < 1.29 is 4.79 Å². The highest BCUT2D eigenvalue weighted by Crippen LogP contribution is 2.22. The first-order valence-corrected chi connectivity index (χ1v) is 9.21. The fourth-order valence-corrected chi connectivity index (χ4v) is 3.80. The minimum absolute atomic E-state index is 0.0695. The van der Waals surface area contributed by atoms with Crippen molar-refractivity contribution in [3.63, 3.8) is 0 Å². The molecule has 1 aliphatic rings. The van der Waals surface area contributed by atoms with Crippen molar-refractivity contribution in [2.45, 2.75) is 26.4 Å². The maximum Gasteiger partial charge on any atom is 0.243 e. The number of carbonyl (C=O) groups is 1. The zero-order valence-corrected chi connectivity index (χ0v) is 14.9. The van der Waals surface area contributed by atoms with Crippen molar-refractivity contribution in [3.05, 3.63) is 58.3 Å². The molecule has 0 saturated carbocycles. The van der Waals surface area contributed by atoms with Gasteiger partial charge in [0.05, 0.1) is 11.4 Å². The van der Waals surface area contributed by atoms with Gasteiger partial charge in [-0.1, -0.05) is 50.2 Å². The first kappa shape index (κ1) is 16.7. The molecule has 0 fully saturated rings. The third-order valence-corrected chi connectivity index (χ3v) is 5.03. The molecule has 1 atom stereocenters. The Morgan fingerprint density at radius 1 is 1.25 bits per heavy atom. The molecule has 126 valence electrons. The van der Waals surface area contributed by atoms with Crippen LogP contribution in [0.1, 0.15) is 24.3 Å². The Kier molecular flexibility index (Phi) is 5.30. The molecule has 0 bridgehead atoms. The van der Waals surface area contributed by atoms with Crippen molar-refractivity contribution in [2.24, 2.45) is 10.9 Å². The van der Waals surface area contributed by atoms with E-state index in [0.29, 0.717) is 6.54 Å². The van der Waals surface area contributed by atoms with E-state index in [1.807, 2.05) is 41.8 Å². The van der Waals surface area contributed by atoms with Crippen LogP contribution in [0.15, 0.2) is 52.8 Å². The van der Waals surface area contributed by atoms with E-state index in [1.165, 1.54) is 0 Å². The molecule has 0 spiro atoms. The van der Waals surface area contributed by atoms with Crippen LogP contribution in [0.3, 0.4) is 0 Å². The van der Waals surface area contributed by atoms with Gasteiger partial charge >= 0.3 is 0 Å². The minimum Gasteiger partial charge on any atom is -0.350 e. The molecule has 1 unspecified atom stereocenters. The lowest BCUT2D eigenvalue weighted by molar-refractivity contribution is -0.126. The SMILES string of the molecule is CC(C)C(C(=O)NCc1ccccc1)N1CCN=C1c1cccs1. The Morgan fingerprint density at radius 3 is 2.71 bits per heavy atom. The van der Waals surface area contributed by atoms with Gasteiger partial charge in [0.1, 0.15) is 11.9 Å². The molecule has 2 heterocycles. The van der Waals surface area contributed by atoms with Gasteiger partial charge in [-0.3, -0.25) is 9.79 Å². The second kappa shape index (κ2) is 7.62. The number of nitrogens with one attached hydrogen (secondary N) is 1. The molecule has 24 heavy (non-hydrogen) atoms. The summed E-state index contributed by atoms with van der Waals surface area (Å²) in [4.78, 5) is 20.8. The van der Waals surface area contributed by atoms with Crippen LogP contribution in [-0.2, 0) is 11.3 Å². The van der Waals surface area contributed by atoms with Crippen LogP contribution in [0, 0.1) is 5.92 Å². The Bertz CT molecular complexity index is 695.